The molecule has 0 saturated heterocycles. The number of hydrogen-bond donors (Lipinski definition) is 1. The van der Waals surface area contributed by atoms with Crippen molar-refractivity contribution in [3.8, 4) is 0 Å². The minimum Gasteiger partial charge on any atom is -0.398 e. The molecule has 1 aliphatic heterocycles. The van der Waals surface area contributed by atoms with Crippen molar-refractivity contribution in [1.29, 1.82) is 0 Å². The summed E-state index contributed by atoms with van der Waals surface area (Å²) in [5.74, 6) is 0.0528. The molecule has 1 aliphatic rings. The van der Waals surface area contributed by atoms with Gasteiger partial charge in [0, 0.05) is 21.5 Å². The molecule has 4 heteroatoms. The van der Waals surface area contributed by atoms with Crippen molar-refractivity contribution >= 4 is 39.9 Å². The lowest BCUT2D eigenvalue weighted by molar-refractivity contribution is 0.0988. The third-order valence-corrected chi connectivity index (χ3v) is 4.65. The molecule has 3 rings (SSSR count). The van der Waals surface area contributed by atoms with Crippen molar-refractivity contribution in [2.75, 3.05) is 17.2 Å². The Morgan fingerprint density at radius 3 is 2.80 bits per heavy atom. The number of carbonyl (C=O) groups is 1. The topological polar surface area (TPSA) is 46.3 Å². The van der Waals surface area contributed by atoms with Gasteiger partial charge < -0.3 is 10.6 Å². The van der Waals surface area contributed by atoms with Gasteiger partial charge in [0.25, 0.3) is 5.91 Å². The number of anilines is 2. The molecule has 0 fully saturated rings. The summed E-state index contributed by atoms with van der Waals surface area (Å²) in [7, 11) is 0. The van der Waals surface area contributed by atoms with Crippen LogP contribution in [0.4, 0.5) is 11.4 Å². The van der Waals surface area contributed by atoms with Crippen molar-refractivity contribution < 1.29 is 4.79 Å². The predicted molar refractivity (Wildman–Crippen MR) is 90.1 cm³/mol. The maximum absolute atomic E-state index is 12.7. The van der Waals surface area contributed by atoms with E-state index < -0.39 is 0 Å². The lowest BCUT2D eigenvalue weighted by Crippen LogP contribution is -2.29. The molecular formula is C16H15IN2O. The van der Waals surface area contributed by atoms with Gasteiger partial charge >= 0.3 is 0 Å². The minimum atomic E-state index is 0.0528. The molecule has 1 amide bonds. The van der Waals surface area contributed by atoms with Crippen molar-refractivity contribution in [2.24, 2.45) is 0 Å². The Labute approximate surface area is 131 Å². The van der Waals surface area contributed by atoms with E-state index in [1.54, 1.807) is 0 Å². The van der Waals surface area contributed by atoms with Crippen molar-refractivity contribution in [3.05, 3.63) is 56.7 Å². The fraction of sp³-hybridized carbons (Fsp3) is 0.188. The number of fused-ring (bicyclic) bond motifs is 1. The highest BCUT2D eigenvalue weighted by Crippen LogP contribution is 2.33. The number of aryl methyl sites for hydroxylation is 1. The van der Waals surface area contributed by atoms with E-state index >= 15 is 0 Å². The fourth-order valence-corrected chi connectivity index (χ4v) is 3.19. The van der Waals surface area contributed by atoms with Crippen LogP contribution in [0, 0.1) is 10.5 Å². The molecule has 0 aromatic heterocycles. The van der Waals surface area contributed by atoms with Crippen LogP contribution in [0.15, 0.2) is 36.4 Å². The van der Waals surface area contributed by atoms with E-state index in [0.717, 1.165) is 39.0 Å². The highest BCUT2D eigenvalue weighted by Gasteiger charge is 2.27. The van der Waals surface area contributed by atoms with Crippen LogP contribution < -0.4 is 10.6 Å². The van der Waals surface area contributed by atoms with Gasteiger partial charge in [-0.05, 0) is 65.3 Å². The number of nitrogens with zero attached hydrogens (tertiary/aromatic N) is 1. The zero-order chi connectivity index (χ0) is 14.3. The number of hydrogen-bond acceptors (Lipinski definition) is 2. The Kier molecular flexibility index (Phi) is 3.41. The Balaban J connectivity index is 2.01. The number of amides is 1. The van der Waals surface area contributed by atoms with Crippen molar-refractivity contribution in [1.82, 2.24) is 0 Å². The summed E-state index contributed by atoms with van der Waals surface area (Å²) in [4.78, 5) is 14.5. The molecule has 0 atom stereocenters. The number of halogens is 1. The van der Waals surface area contributed by atoms with E-state index in [1.165, 1.54) is 5.56 Å². The van der Waals surface area contributed by atoms with E-state index in [1.807, 2.05) is 42.2 Å². The van der Waals surface area contributed by atoms with Crippen LogP contribution in [0.3, 0.4) is 0 Å². The summed E-state index contributed by atoms with van der Waals surface area (Å²) < 4.78 is 0.976. The van der Waals surface area contributed by atoms with Gasteiger partial charge in [0.1, 0.15) is 0 Å². The number of rotatable bonds is 1. The molecule has 0 radical (unpaired) electrons. The van der Waals surface area contributed by atoms with Gasteiger partial charge in [-0.2, -0.15) is 0 Å². The van der Waals surface area contributed by atoms with Crippen LogP contribution in [-0.2, 0) is 6.42 Å². The summed E-state index contributed by atoms with van der Waals surface area (Å²) in [6.07, 6.45) is 0.894. The standard InChI is InChI=1S/C16H15IN2O/c1-10-8-11-6-7-19(15(11)9-14(10)18)16(20)12-4-2-3-5-13(12)17/h2-5,8-9H,6-7,18H2,1H3. The van der Waals surface area contributed by atoms with Crippen LogP contribution in [-0.4, -0.2) is 12.5 Å². The van der Waals surface area contributed by atoms with Gasteiger partial charge in [-0.15, -0.1) is 0 Å². The monoisotopic (exact) mass is 378 g/mol. The molecule has 2 aromatic carbocycles. The molecule has 1 heterocycles. The molecule has 102 valence electrons. The average molecular weight is 378 g/mol. The van der Waals surface area contributed by atoms with Crippen LogP contribution in [0.25, 0.3) is 0 Å². The number of nitrogen functional groups attached to an aromatic ring is 1. The maximum Gasteiger partial charge on any atom is 0.259 e. The van der Waals surface area contributed by atoms with E-state index in [9.17, 15) is 4.79 Å². The molecule has 0 unspecified atom stereocenters. The summed E-state index contributed by atoms with van der Waals surface area (Å²) >= 11 is 2.20. The summed E-state index contributed by atoms with van der Waals surface area (Å²) in [6.45, 7) is 2.72. The summed E-state index contributed by atoms with van der Waals surface area (Å²) in [6, 6.07) is 11.7. The van der Waals surface area contributed by atoms with Crippen molar-refractivity contribution in [2.45, 2.75) is 13.3 Å². The SMILES string of the molecule is Cc1cc2c(cc1N)N(C(=O)c1ccccc1I)CC2. The number of carbonyl (C=O) groups excluding carboxylic acids is 1. The first-order valence-corrected chi connectivity index (χ1v) is 7.61. The van der Waals surface area contributed by atoms with Crippen LogP contribution >= 0.6 is 22.6 Å². The van der Waals surface area contributed by atoms with Crippen LogP contribution in [0.5, 0.6) is 0 Å². The Morgan fingerprint density at radius 1 is 1.30 bits per heavy atom. The smallest absolute Gasteiger partial charge is 0.259 e. The van der Waals surface area contributed by atoms with Gasteiger partial charge in [-0.25, -0.2) is 0 Å². The van der Waals surface area contributed by atoms with Gasteiger partial charge in [-0.1, -0.05) is 18.2 Å². The summed E-state index contributed by atoms with van der Waals surface area (Å²) in [5, 5.41) is 0. The molecule has 20 heavy (non-hydrogen) atoms. The number of benzene rings is 2. The van der Waals surface area contributed by atoms with Crippen LogP contribution in [0.1, 0.15) is 21.5 Å². The Morgan fingerprint density at radius 2 is 2.05 bits per heavy atom. The molecule has 0 bridgehead atoms. The first-order chi connectivity index (χ1) is 9.58. The van der Waals surface area contributed by atoms with Gasteiger partial charge in [0.15, 0.2) is 0 Å². The molecule has 2 aromatic rings. The first-order valence-electron chi connectivity index (χ1n) is 6.53. The minimum absolute atomic E-state index is 0.0528. The van der Waals surface area contributed by atoms with E-state index in [0.29, 0.717) is 0 Å². The quantitative estimate of drug-likeness (QED) is 0.611. The lowest BCUT2D eigenvalue weighted by Gasteiger charge is -2.19. The molecule has 0 aliphatic carbocycles. The zero-order valence-electron chi connectivity index (χ0n) is 11.2. The lowest BCUT2D eigenvalue weighted by atomic mass is 10.1. The zero-order valence-corrected chi connectivity index (χ0v) is 13.3. The van der Waals surface area contributed by atoms with E-state index in [-0.39, 0.29) is 5.91 Å². The first kappa shape index (κ1) is 13.4. The summed E-state index contributed by atoms with van der Waals surface area (Å²) in [5.41, 5.74) is 10.7. The molecule has 0 spiro atoms. The maximum atomic E-state index is 12.7. The van der Waals surface area contributed by atoms with Crippen LogP contribution in [0.2, 0.25) is 0 Å². The van der Waals surface area contributed by atoms with E-state index in [2.05, 4.69) is 28.7 Å². The average Bonchev–Trinajstić information content (AvgIpc) is 2.82. The normalized spacial score (nSPS) is 13.4. The van der Waals surface area contributed by atoms with Crippen molar-refractivity contribution in [3.63, 3.8) is 0 Å². The largest absolute Gasteiger partial charge is 0.398 e. The fourth-order valence-electron chi connectivity index (χ4n) is 2.57. The van der Waals surface area contributed by atoms with E-state index in [4.69, 9.17) is 5.73 Å². The second kappa shape index (κ2) is 5.09. The molecule has 0 saturated carbocycles. The van der Waals surface area contributed by atoms with Gasteiger partial charge in [0.05, 0.1) is 5.56 Å². The second-order valence-electron chi connectivity index (χ2n) is 5.02. The number of nitrogens with two attached hydrogens (primary N) is 1. The predicted octanol–water partition coefficient (Wildman–Crippen LogP) is 3.38. The van der Waals surface area contributed by atoms with Gasteiger partial charge in [0.2, 0.25) is 0 Å². The third-order valence-electron chi connectivity index (χ3n) is 3.71. The molecule has 2 N–H and O–H groups in total. The Hall–Kier alpha value is -1.56. The molecule has 3 nitrogen and oxygen atoms in total. The van der Waals surface area contributed by atoms with Gasteiger partial charge in [-0.3, -0.25) is 4.79 Å². The third kappa shape index (κ3) is 2.18. The second-order valence-corrected chi connectivity index (χ2v) is 6.19. The highest BCUT2D eigenvalue weighted by atomic mass is 127. The molecular weight excluding hydrogens is 363 g/mol. The Bertz CT molecular complexity index is 697. The highest BCUT2D eigenvalue weighted by molar-refractivity contribution is 14.1.